The van der Waals surface area contributed by atoms with Crippen LogP contribution in [0.3, 0.4) is 0 Å². The number of ether oxygens (including phenoxy) is 2. The molecule has 0 saturated heterocycles. The van der Waals surface area contributed by atoms with Gasteiger partial charge in [-0.15, -0.1) is 0 Å². The first kappa shape index (κ1) is 31.7. The van der Waals surface area contributed by atoms with E-state index in [0.717, 1.165) is 66.9 Å². The van der Waals surface area contributed by atoms with Crippen molar-refractivity contribution in [2.75, 3.05) is 11.5 Å². The minimum atomic E-state index is -0.678. The van der Waals surface area contributed by atoms with Crippen LogP contribution in [0.25, 0.3) is 0 Å². The van der Waals surface area contributed by atoms with E-state index in [2.05, 4.69) is 40.7 Å². The summed E-state index contributed by atoms with van der Waals surface area (Å²) in [4.78, 5) is 24.8. The molecule has 3 fully saturated rings. The zero-order valence-corrected chi connectivity index (χ0v) is 27.1. The molecule has 43 heavy (non-hydrogen) atoms. The highest BCUT2D eigenvalue weighted by Gasteiger charge is 2.59. The quantitative estimate of drug-likeness (QED) is 0.0986. The summed E-state index contributed by atoms with van der Waals surface area (Å²) in [5, 5.41) is 0. The summed E-state index contributed by atoms with van der Waals surface area (Å²) >= 11 is 0. The molecule has 0 spiro atoms. The van der Waals surface area contributed by atoms with Crippen molar-refractivity contribution in [3.8, 4) is 5.75 Å². The van der Waals surface area contributed by atoms with Gasteiger partial charge in [0.2, 0.25) is 0 Å². The largest absolute Gasteiger partial charge is 0.459 e. The lowest BCUT2D eigenvalue weighted by molar-refractivity contribution is -0.145. The van der Waals surface area contributed by atoms with Crippen molar-refractivity contribution in [2.45, 2.75) is 111 Å². The zero-order valence-electron chi connectivity index (χ0n) is 27.1. The molecule has 3 saturated carbocycles. The maximum absolute atomic E-state index is 12.6. The van der Waals surface area contributed by atoms with Crippen LogP contribution in [-0.2, 0) is 14.3 Å². The molecule has 4 aliphatic carbocycles. The van der Waals surface area contributed by atoms with E-state index in [1.54, 1.807) is 6.07 Å². The van der Waals surface area contributed by atoms with E-state index in [-0.39, 0.29) is 17.3 Å². The smallest absolute Gasteiger partial charge is 0.336 e. The molecular formula is C37H54N2O4. The third-order valence-corrected chi connectivity index (χ3v) is 12.1. The third kappa shape index (κ3) is 6.68. The zero-order chi connectivity index (χ0) is 30.9. The van der Waals surface area contributed by atoms with Gasteiger partial charge < -0.3 is 20.9 Å². The molecular weight excluding hydrogens is 536 g/mol. The number of carbonyl (C=O) groups is 2. The Morgan fingerprint density at radius 2 is 1.65 bits per heavy atom. The van der Waals surface area contributed by atoms with Gasteiger partial charge in [-0.1, -0.05) is 65.5 Å². The molecule has 0 aromatic heterocycles. The first-order valence-corrected chi connectivity index (χ1v) is 16.8. The van der Waals surface area contributed by atoms with Crippen molar-refractivity contribution >= 4 is 23.3 Å². The van der Waals surface area contributed by atoms with Gasteiger partial charge in [-0.05, 0) is 97.3 Å². The predicted molar refractivity (Wildman–Crippen MR) is 173 cm³/mol. The fraction of sp³-hybridized carbons (Fsp3) is 0.676. The lowest BCUT2D eigenvalue weighted by Gasteiger charge is -2.58. The molecule has 6 heteroatoms. The third-order valence-electron chi connectivity index (χ3n) is 12.1. The first-order chi connectivity index (χ1) is 20.4. The standard InChI is InChI=1S/C37H54N2O4/c1-23(2)7-6-8-24(3)31-11-12-32-30-10-9-25-19-28(15-17-36(25,4)33(30)16-18-37(31,32)5)42-34(40)13-14-35(41)43-29-21-26(38)20-27(39)22-29/h9,13-14,20-24,28,30-33H,6-8,10-12,15-19,38-39H2,1-5H3/b14-13+. The highest BCUT2D eigenvalue weighted by Crippen LogP contribution is 2.67. The van der Waals surface area contributed by atoms with Crippen LogP contribution in [0.1, 0.15) is 105 Å². The van der Waals surface area contributed by atoms with Crippen molar-refractivity contribution in [1.29, 1.82) is 0 Å². The minimum Gasteiger partial charge on any atom is -0.459 e. The van der Waals surface area contributed by atoms with Crippen LogP contribution >= 0.6 is 0 Å². The van der Waals surface area contributed by atoms with Crippen molar-refractivity contribution in [3.05, 3.63) is 42.0 Å². The first-order valence-electron chi connectivity index (χ1n) is 16.8. The van der Waals surface area contributed by atoms with E-state index in [9.17, 15) is 9.59 Å². The van der Waals surface area contributed by atoms with E-state index in [1.165, 1.54) is 69.1 Å². The van der Waals surface area contributed by atoms with E-state index < -0.39 is 11.9 Å². The van der Waals surface area contributed by atoms with Crippen molar-refractivity contribution < 1.29 is 19.1 Å². The van der Waals surface area contributed by atoms with Crippen molar-refractivity contribution in [1.82, 2.24) is 0 Å². The molecule has 1 aromatic rings. The molecule has 5 rings (SSSR count). The van der Waals surface area contributed by atoms with Gasteiger partial charge in [0.05, 0.1) is 0 Å². The molecule has 0 radical (unpaired) electrons. The number of hydrogen-bond donors (Lipinski definition) is 2. The molecule has 8 unspecified atom stereocenters. The fourth-order valence-electron chi connectivity index (χ4n) is 9.95. The molecule has 0 amide bonds. The molecule has 236 valence electrons. The highest BCUT2D eigenvalue weighted by molar-refractivity contribution is 5.92. The summed E-state index contributed by atoms with van der Waals surface area (Å²) in [6, 6.07) is 4.60. The molecule has 4 N–H and O–H groups in total. The van der Waals surface area contributed by atoms with Crippen LogP contribution in [0.5, 0.6) is 5.75 Å². The maximum Gasteiger partial charge on any atom is 0.336 e. The lowest BCUT2D eigenvalue weighted by atomic mass is 9.47. The number of anilines is 2. The van der Waals surface area contributed by atoms with Crippen molar-refractivity contribution in [3.63, 3.8) is 0 Å². The summed E-state index contributed by atoms with van der Waals surface area (Å²) in [6.45, 7) is 12.4. The van der Waals surface area contributed by atoms with Crippen LogP contribution in [0, 0.1) is 46.3 Å². The highest BCUT2D eigenvalue weighted by atomic mass is 16.5. The molecule has 0 heterocycles. The summed E-state index contributed by atoms with van der Waals surface area (Å²) in [5.74, 6) is 3.89. The van der Waals surface area contributed by atoms with Gasteiger partial charge >= 0.3 is 11.9 Å². The molecule has 1 aromatic carbocycles. The van der Waals surface area contributed by atoms with Gasteiger partial charge in [0.15, 0.2) is 0 Å². The normalized spacial score (nSPS) is 34.2. The Hall–Kier alpha value is -2.76. The summed E-state index contributed by atoms with van der Waals surface area (Å²) in [7, 11) is 0. The Morgan fingerprint density at radius 1 is 0.930 bits per heavy atom. The number of esters is 2. The Balaban J connectivity index is 1.17. The topological polar surface area (TPSA) is 105 Å². The molecule has 0 bridgehead atoms. The van der Waals surface area contributed by atoms with E-state index >= 15 is 0 Å². The second-order valence-electron chi connectivity index (χ2n) is 15.2. The van der Waals surface area contributed by atoms with Crippen LogP contribution in [-0.4, -0.2) is 18.0 Å². The number of fused-ring (bicyclic) bond motifs is 5. The fourth-order valence-corrected chi connectivity index (χ4v) is 9.95. The predicted octanol–water partition coefficient (Wildman–Crippen LogP) is 8.27. The average molecular weight is 591 g/mol. The molecule has 6 nitrogen and oxygen atoms in total. The average Bonchev–Trinajstić information content (AvgIpc) is 3.28. The van der Waals surface area contributed by atoms with E-state index in [0.29, 0.717) is 16.8 Å². The number of nitrogens with two attached hydrogens (primary N) is 2. The Morgan fingerprint density at radius 3 is 2.37 bits per heavy atom. The van der Waals surface area contributed by atoms with E-state index in [1.807, 2.05) is 0 Å². The van der Waals surface area contributed by atoms with E-state index in [4.69, 9.17) is 20.9 Å². The monoisotopic (exact) mass is 590 g/mol. The minimum absolute atomic E-state index is 0.158. The number of benzene rings is 1. The van der Waals surface area contributed by atoms with Gasteiger partial charge in [-0.2, -0.15) is 0 Å². The van der Waals surface area contributed by atoms with Gasteiger partial charge in [0.25, 0.3) is 0 Å². The van der Waals surface area contributed by atoms with Gasteiger partial charge in [-0.25, -0.2) is 9.59 Å². The summed E-state index contributed by atoms with van der Waals surface area (Å²) < 4.78 is 11.0. The molecule has 8 atom stereocenters. The second kappa shape index (κ2) is 12.7. The van der Waals surface area contributed by atoms with Crippen molar-refractivity contribution in [2.24, 2.45) is 46.3 Å². The number of hydrogen-bond acceptors (Lipinski definition) is 6. The number of carbonyl (C=O) groups excluding carboxylic acids is 2. The van der Waals surface area contributed by atoms with Gasteiger partial charge in [-0.3, -0.25) is 0 Å². The lowest BCUT2D eigenvalue weighted by Crippen LogP contribution is -2.51. The number of allylic oxidation sites excluding steroid dienone is 1. The van der Waals surface area contributed by atoms with Crippen LogP contribution in [0.15, 0.2) is 42.0 Å². The van der Waals surface area contributed by atoms with Crippen LogP contribution < -0.4 is 16.2 Å². The number of rotatable bonds is 9. The molecule has 0 aliphatic heterocycles. The Labute approximate surface area is 259 Å². The molecule has 4 aliphatic rings. The second-order valence-corrected chi connectivity index (χ2v) is 15.2. The van der Waals surface area contributed by atoms with Crippen LogP contribution in [0.2, 0.25) is 0 Å². The van der Waals surface area contributed by atoms with Gasteiger partial charge in [0.1, 0.15) is 11.9 Å². The van der Waals surface area contributed by atoms with Gasteiger partial charge in [0, 0.05) is 42.1 Å². The summed E-state index contributed by atoms with van der Waals surface area (Å²) in [6.07, 6.45) is 18.1. The maximum atomic E-state index is 12.6. The Kier molecular flexibility index (Phi) is 9.34. The Bertz CT molecular complexity index is 1230. The summed E-state index contributed by atoms with van der Waals surface area (Å²) in [5.41, 5.74) is 14.5. The number of nitrogen functional groups attached to an aromatic ring is 2. The SMILES string of the molecule is CC(C)CCCC(C)C1CCC2C3CC=C4CC(OC(=O)/C=C/C(=O)Oc5cc(N)cc(N)c5)CCC4(C)C3CCC12C. The van der Waals surface area contributed by atoms with Crippen LogP contribution in [0.4, 0.5) is 11.4 Å².